The summed E-state index contributed by atoms with van der Waals surface area (Å²) in [6.07, 6.45) is 5.14. The molecule has 0 radical (unpaired) electrons. The maximum absolute atomic E-state index is 13.7. The summed E-state index contributed by atoms with van der Waals surface area (Å²) < 4.78 is 0. The van der Waals surface area contributed by atoms with Crippen LogP contribution in [0.5, 0.6) is 0 Å². The number of hydrogen-bond donors (Lipinski definition) is 0. The lowest BCUT2D eigenvalue weighted by atomic mass is 9.76. The molecule has 0 spiro atoms. The molecule has 2 aliphatic rings. The SMILES string of the molecule is CC.CCCCC(CC)CN1C(=O)c2cc(C)c3c4c(c(C)cc(c24)C1=O)-c1ccccc1C3. The molecule has 5 rings (SSSR count). The van der Waals surface area contributed by atoms with Gasteiger partial charge in [0.15, 0.2) is 0 Å². The fourth-order valence-electron chi connectivity index (χ4n) is 5.72. The molecule has 3 aromatic rings. The van der Waals surface area contributed by atoms with Gasteiger partial charge in [0.2, 0.25) is 0 Å². The van der Waals surface area contributed by atoms with Crippen LogP contribution in [-0.4, -0.2) is 23.3 Å². The Bertz CT molecular complexity index is 1250. The Hall–Kier alpha value is -2.94. The first-order chi connectivity index (χ1) is 16.5. The average molecular weight is 456 g/mol. The molecule has 3 nitrogen and oxygen atoms in total. The minimum atomic E-state index is -0.124. The Morgan fingerprint density at radius 2 is 1.53 bits per heavy atom. The van der Waals surface area contributed by atoms with Gasteiger partial charge in [0, 0.05) is 23.1 Å². The summed E-state index contributed by atoms with van der Waals surface area (Å²) >= 11 is 0. The Balaban J connectivity index is 0.00000133. The highest BCUT2D eigenvalue weighted by atomic mass is 16.2. The molecule has 1 unspecified atom stereocenters. The van der Waals surface area contributed by atoms with Gasteiger partial charge in [-0.25, -0.2) is 0 Å². The van der Waals surface area contributed by atoms with E-state index in [0.717, 1.165) is 54.0 Å². The van der Waals surface area contributed by atoms with Crippen molar-refractivity contribution in [2.45, 2.75) is 73.6 Å². The molecule has 3 aromatic carbocycles. The number of imide groups is 1. The van der Waals surface area contributed by atoms with Crippen molar-refractivity contribution < 1.29 is 9.59 Å². The number of carbonyl (C=O) groups is 2. The Morgan fingerprint density at radius 3 is 2.18 bits per heavy atom. The minimum Gasteiger partial charge on any atom is -0.274 e. The number of aryl methyl sites for hydroxylation is 2. The van der Waals surface area contributed by atoms with Crippen molar-refractivity contribution >= 4 is 22.6 Å². The number of amides is 2. The van der Waals surface area contributed by atoms with Crippen LogP contribution in [0.2, 0.25) is 0 Å². The minimum absolute atomic E-state index is 0.124. The van der Waals surface area contributed by atoms with Crippen molar-refractivity contribution in [3.8, 4) is 11.1 Å². The first-order valence-corrected chi connectivity index (χ1v) is 13.0. The monoisotopic (exact) mass is 455 g/mol. The van der Waals surface area contributed by atoms with E-state index in [1.807, 2.05) is 26.0 Å². The molecule has 1 aliphatic heterocycles. The van der Waals surface area contributed by atoms with E-state index in [4.69, 9.17) is 0 Å². The Labute approximate surface area is 204 Å². The topological polar surface area (TPSA) is 37.4 Å². The zero-order valence-electron chi connectivity index (χ0n) is 21.5. The lowest BCUT2D eigenvalue weighted by Crippen LogP contribution is -2.43. The lowest BCUT2D eigenvalue weighted by molar-refractivity contribution is 0.0580. The van der Waals surface area contributed by atoms with Gasteiger partial charge >= 0.3 is 0 Å². The third-order valence-corrected chi connectivity index (χ3v) is 7.52. The molecule has 0 fully saturated rings. The molecule has 2 amide bonds. The molecule has 0 bridgehead atoms. The molecular formula is C31H37NO2. The highest BCUT2D eigenvalue weighted by Gasteiger charge is 2.37. The van der Waals surface area contributed by atoms with E-state index in [9.17, 15) is 9.59 Å². The van der Waals surface area contributed by atoms with Crippen LogP contribution in [-0.2, 0) is 6.42 Å². The molecule has 1 aliphatic carbocycles. The van der Waals surface area contributed by atoms with Crippen molar-refractivity contribution in [2.24, 2.45) is 5.92 Å². The van der Waals surface area contributed by atoms with E-state index >= 15 is 0 Å². The van der Waals surface area contributed by atoms with E-state index in [0.29, 0.717) is 23.6 Å². The number of nitrogens with zero attached hydrogens (tertiary/aromatic N) is 1. The summed E-state index contributed by atoms with van der Waals surface area (Å²) in [5.74, 6) is 0.105. The quantitative estimate of drug-likeness (QED) is 0.277. The van der Waals surface area contributed by atoms with Crippen LogP contribution in [0, 0.1) is 19.8 Å². The van der Waals surface area contributed by atoms with Crippen LogP contribution in [0.3, 0.4) is 0 Å². The van der Waals surface area contributed by atoms with E-state index in [2.05, 4.69) is 52.0 Å². The van der Waals surface area contributed by atoms with Gasteiger partial charge in [-0.3, -0.25) is 14.5 Å². The van der Waals surface area contributed by atoms with E-state index in [-0.39, 0.29) is 11.8 Å². The first-order valence-electron chi connectivity index (χ1n) is 13.0. The number of unbranched alkanes of at least 4 members (excludes halogenated alkanes) is 1. The molecule has 178 valence electrons. The number of rotatable bonds is 6. The van der Waals surface area contributed by atoms with Gasteiger partial charge in [-0.15, -0.1) is 0 Å². The van der Waals surface area contributed by atoms with E-state index in [1.165, 1.54) is 27.2 Å². The zero-order chi connectivity index (χ0) is 24.6. The van der Waals surface area contributed by atoms with Gasteiger partial charge in [0.25, 0.3) is 11.8 Å². The largest absolute Gasteiger partial charge is 0.274 e. The van der Waals surface area contributed by atoms with Crippen LogP contribution in [0.15, 0.2) is 36.4 Å². The van der Waals surface area contributed by atoms with Crippen LogP contribution in [0.4, 0.5) is 0 Å². The molecule has 0 N–H and O–H groups in total. The maximum atomic E-state index is 13.7. The molecular weight excluding hydrogens is 418 g/mol. The third-order valence-electron chi connectivity index (χ3n) is 7.52. The number of carbonyl (C=O) groups excluding carboxylic acids is 2. The second-order valence-corrected chi connectivity index (χ2v) is 9.56. The van der Waals surface area contributed by atoms with Gasteiger partial charge in [0.1, 0.15) is 0 Å². The van der Waals surface area contributed by atoms with Crippen LogP contribution in [0.25, 0.3) is 21.9 Å². The van der Waals surface area contributed by atoms with Crippen molar-refractivity contribution in [3.63, 3.8) is 0 Å². The third kappa shape index (κ3) is 3.76. The summed E-state index contributed by atoms with van der Waals surface area (Å²) in [6, 6.07) is 12.6. The van der Waals surface area contributed by atoms with E-state index in [1.54, 1.807) is 0 Å². The molecule has 0 saturated heterocycles. The molecule has 0 saturated carbocycles. The second-order valence-electron chi connectivity index (χ2n) is 9.56. The molecule has 1 atom stereocenters. The predicted octanol–water partition coefficient (Wildman–Crippen LogP) is 7.87. The molecule has 0 aromatic heterocycles. The molecule has 34 heavy (non-hydrogen) atoms. The second kappa shape index (κ2) is 9.74. The van der Waals surface area contributed by atoms with Crippen molar-refractivity contribution in [1.82, 2.24) is 4.90 Å². The van der Waals surface area contributed by atoms with Gasteiger partial charge in [-0.05, 0) is 83.5 Å². The van der Waals surface area contributed by atoms with Gasteiger partial charge < -0.3 is 0 Å². The summed E-state index contributed by atoms with van der Waals surface area (Å²) in [6.45, 7) is 13.1. The van der Waals surface area contributed by atoms with Gasteiger partial charge in [-0.1, -0.05) is 71.2 Å². The fourth-order valence-corrected chi connectivity index (χ4v) is 5.72. The van der Waals surface area contributed by atoms with Gasteiger partial charge in [-0.2, -0.15) is 0 Å². The van der Waals surface area contributed by atoms with Crippen molar-refractivity contribution in [3.05, 3.63) is 69.8 Å². The maximum Gasteiger partial charge on any atom is 0.261 e. The lowest BCUT2D eigenvalue weighted by Gasteiger charge is -2.33. The number of fused-ring (bicyclic) bond motifs is 2. The fraction of sp³-hybridized carbons (Fsp3) is 0.419. The van der Waals surface area contributed by atoms with Crippen LogP contribution in [0.1, 0.15) is 96.3 Å². The number of hydrogen-bond acceptors (Lipinski definition) is 2. The normalized spacial score (nSPS) is 14.6. The van der Waals surface area contributed by atoms with Gasteiger partial charge in [0.05, 0.1) is 0 Å². The smallest absolute Gasteiger partial charge is 0.261 e. The summed E-state index contributed by atoms with van der Waals surface area (Å²) in [7, 11) is 0. The summed E-state index contributed by atoms with van der Waals surface area (Å²) in [5.41, 5.74) is 8.63. The number of benzene rings is 3. The standard InChI is InChI=1S/C29H31NO2.C2H6/c1-5-7-10-19(6-2)16-30-28(31)23-13-17(3)22-15-20-11-8-9-12-21(20)25-18(4)14-24(29(30)32)26(23)27(22)25;1-2/h8-9,11-14,19H,5-7,10,15-16H2,1-4H3;1-2H3. The Morgan fingerprint density at radius 1 is 0.882 bits per heavy atom. The summed E-state index contributed by atoms with van der Waals surface area (Å²) in [5, 5.41) is 1.99. The molecule has 3 heteroatoms. The summed E-state index contributed by atoms with van der Waals surface area (Å²) in [4.78, 5) is 28.8. The Kier molecular flexibility index (Phi) is 6.93. The van der Waals surface area contributed by atoms with Crippen LogP contribution >= 0.6 is 0 Å². The van der Waals surface area contributed by atoms with Crippen LogP contribution < -0.4 is 0 Å². The predicted molar refractivity (Wildman–Crippen MR) is 142 cm³/mol. The van der Waals surface area contributed by atoms with E-state index < -0.39 is 0 Å². The van der Waals surface area contributed by atoms with Crippen molar-refractivity contribution in [1.29, 1.82) is 0 Å². The highest BCUT2D eigenvalue weighted by Crippen LogP contribution is 2.46. The molecule has 1 heterocycles. The highest BCUT2D eigenvalue weighted by molar-refractivity contribution is 6.28. The van der Waals surface area contributed by atoms with Crippen molar-refractivity contribution in [2.75, 3.05) is 6.54 Å². The zero-order valence-corrected chi connectivity index (χ0v) is 21.5. The average Bonchev–Trinajstić information content (AvgIpc) is 2.86. The first kappa shape index (κ1) is 24.2.